The topological polar surface area (TPSA) is 160 Å². The number of carbonyl (C=O) groups excluding carboxylic acids is 2. The third-order valence-electron chi connectivity index (χ3n) is 8.43. The van der Waals surface area contributed by atoms with E-state index in [0.29, 0.717) is 24.3 Å². The van der Waals surface area contributed by atoms with E-state index in [2.05, 4.69) is 25.4 Å². The number of nitrogens with zero attached hydrogens (tertiary/aromatic N) is 8. The van der Waals surface area contributed by atoms with Gasteiger partial charge in [-0.25, -0.2) is 9.97 Å². The molecule has 2 N–H and O–H groups in total. The van der Waals surface area contributed by atoms with E-state index in [1.807, 2.05) is 17.9 Å². The average molecular weight is 748 g/mol. The van der Waals surface area contributed by atoms with E-state index in [-0.39, 0.29) is 101 Å². The van der Waals surface area contributed by atoms with Crippen molar-refractivity contribution in [3.05, 3.63) is 68.9 Å². The normalized spacial score (nSPS) is 15.5. The summed E-state index contributed by atoms with van der Waals surface area (Å²) in [6, 6.07) is 3.61. The molecule has 51 heavy (non-hydrogen) atoms. The van der Waals surface area contributed by atoms with Crippen molar-refractivity contribution in [2.24, 2.45) is 0 Å². The number of thioether (sulfide) groups is 1. The highest BCUT2D eigenvalue weighted by molar-refractivity contribution is 8.00. The Bertz CT molecular complexity index is 2080. The number of rotatable bonds is 8. The summed E-state index contributed by atoms with van der Waals surface area (Å²) in [6.45, 7) is 4.77. The van der Waals surface area contributed by atoms with Crippen LogP contribution in [0.2, 0.25) is 5.02 Å². The molecule has 2 amide bonds. The summed E-state index contributed by atoms with van der Waals surface area (Å²) in [6.07, 6.45) is 5.02. The molecule has 14 nitrogen and oxygen atoms in total. The van der Waals surface area contributed by atoms with Crippen LogP contribution in [0.5, 0.6) is 5.75 Å². The molecule has 0 bridgehead atoms. The van der Waals surface area contributed by atoms with Crippen LogP contribution in [-0.2, 0) is 22.5 Å². The number of aromatic nitrogens is 6. The smallest absolute Gasteiger partial charge is 0.446 e. The van der Waals surface area contributed by atoms with Crippen molar-refractivity contribution < 1.29 is 32.6 Å². The molecule has 1 saturated heterocycles. The Morgan fingerprint density at radius 1 is 1.16 bits per heavy atom. The van der Waals surface area contributed by atoms with Crippen LogP contribution in [0.4, 0.5) is 24.5 Å². The zero-order valence-electron chi connectivity index (χ0n) is 27.5. The molecule has 6 rings (SSSR count). The van der Waals surface area contributed by atoms with Crippen molar-refractivity contribution in [1.29, 1.82) is 0 Å². The van der Waals surface area contributed by atoms with Crippen LogP contribution >= 0.6 is 23.4 Å². The lowest BCUT2D eigenvalue weighted by Crippen LogP contribution is -2.51. The van der Waals surface area contributed by atoms with Gasteiger partial charge in [-0.3, -0.25) is 14.4 Å². The fourth-order valence-electron chi connectivity index (χ4n) is 5.96. The summed E-state index contributed by atoms with van der Waals surface area (Å²) in [5.41, 5.74) is -3.23. The Balaban J connectivity index is 1.34. The first-order chi connectivity index (χ1) is 24.3. The molecular weight excluding hydrogens is 715 g/mol. The number of hydrogen-bond acceptors (Lipinski definition) is 11. The van der Waals surface area contributed by atoms with Crippen LogP contribution < -0.4 is 15.8 Å². The largest absolute Gasteiger partial charge is 0.504 e. The first-order valence-electron chi connectivity index (χ1n) is 16.0. The molecule has 0 saturated carbocycles. The fourth-order valence-corrected chi connectivity index (χ4v) is 6.83. The summed E-state index contributed by atoms with van der Waals surface area (Å²) < 4.78 is 47.1. The number of ether oxygens (including phenoxy) is 1. The number of halogens is 4. The molecule has 0 radical (unpaired) electrons. The number of benzene rings is 1. The van der Waals surface area contributed by atoms with Gasteiger partial charge in [0.2, 0.25) is 11.7 Å². The van der Waals surface area contributed by atoms with Gasteiger partial charge in [0.1, 0.15) is 18.6 Å². The second-order valence-electron chi connectivity index (χ2n) is 11.8. The number of fused-ring (bicyclic) bond motifs is 1. The van der Waals surface area contributed by atoms with Crippen molar-refractivity contribution in [3.8, 4) is 5.75 Å². The van der Waals surface area contributed by atoms with Gasteiger partial charge in [0.05, 0.1) is 28.7 Å². The summed E-state index contributed by atoms with van der Waals surface area (Å²) in [5, 5.41) is 17.5. The van der Waals surface area contributed by atoms with E-state index in [1.165, 1.54) is 23.4 Å². The Morgan fingerprint density at radius 2 is 1.92 bits per heavy atom. The SMILES string of the molecule is CCc1c(N2CCN(C(=O)c3ncnc(C)c3O)CC2)c(=O)n2nc(C3=CCCCOC3)nc2n1CC(=O)Nc1ccc(SC(F)(F)F)cc1Cl. The molecule has 4 aromatic rings. The van der Waals surface area contributed by atoms with E-state index < -0.39 is 22.9 Å². The van der Waals surface area contributed by atoms with E-state index in [9.17, 15) is 32.7 Å². The molecule has 2 aliphatic heterocycles. The molecule has 0 unspecified atom stereocenters. The van der Waals surface area contributed by atoms with Crippen LogP contribution in [0.25, 0.3) is 11.4 Å². The van der Waals surface area contributed by atoms with Crippen molar-refractivity contribution in [1.82, 2.24) is 34.0 Å². The average Bonchev–Trinajstić information content (AvgIpc) is 3.36. The van der Waals surface area contributed by atoms with Gasteiger partial charge < -0.3 is 29.5 Å². The number of alkyl halides is 3. The highest BCUT2D eigenvalue weighted by Crippen LogP contribution is 2.39. The highest BCUT2D eigenvalue weighted by atomic mass is 35.5. The molecule has 0 atom stereocenters. The number of aromatic hydroxyl groups is 1. The highest BCUT2D eigenvalue weighted by Gasteiger charge is 2.32. The zero-order valence-corrected chi connectivity index (χ0v) is 29.1. The van der Waals surface area contributed by atoms with E-state index in [0.717, 1.165) is 23.4 Å². The van der Waals surface area contributed by atoms with Crippen LogP contribution in [0.3, 0.4) is 0 Å². The summed E-state index contributed by atoms with van der Waals surface area (Å²) >= 11 is 5.93. The molecule has 3 aromatic heterocycles. The number of hydrogen-bond donors (Lipinski definition) is 2. The second-order valence-corrected chi connectivity index (χ2v) is 13.3. The van der Waals surface area contributed by atoms with Gasteiger partial charge in [-0.2, -0.15) is 22.7 Å². The predicted molar refractivity (Wildman–Crippen MR) is 183 cm³/mol. The maximum Gasteiger partial charge on any atom is 0.446 e. The summed E-state index contributed by atoms with van der Waals surface area (Å²) in [5.74, 6) is -0.947. The van der Waals surface area contributed by atoms with Crippen LogP contribution in [-0.4, -0.2) is 95.9 Å². The van der Waals surface area contributed by atoms with Gasteiger partial charge in [0, 0.05) is 43.3 Å². The lowest BCUT2D eigenvalue weighted by Gasteiger charge is -2.36. The van der Waals surface area contributed by atoms with Crippen LogP contribution in [0.1, 0.15) is 47.5 Å². The first kappa shape index (κ1) is 36.1. The number of aryl methyl sites for hydroxylation is 1. The third kappa shape index (κ3) is 7.82. The van der Waals surface area contributed by atoms with Gasteiger partial charge in [0.25, 0.3) is 11.5 Å². The molecule has 5 heterocycles. The number of allylic oxidation sites excluding steroid dienone is 1. The van der Waals surface area contributed by atoms with Gasteiger partial charge in [0.15, 0.2) is 17.3 Å². The number of amides is 2. The minimum Gasteiger partial charge on any atom is -0.504 e. The van der Waals surface area contributed by atoms with E-state index in [4.69, 9.17) is 16.3 Å². The lowest BCUT2D eigenvalue weighted by atomic mass is 10.2. The number of nitrogens with one attached hydrogen (secondary N) is 1. The number of anilines is 2. The first-order valence-corrected chi connectivity index (χ1v) is 17.2. The minimum absolute atomic E-state index is 0.0815. The molecule has 1 aromatic carbocycles. The third-order valence-corrected chi connectivity index (χ3v) is 9.46. The molecule has 0 spiro atoms. The standard InChI is InChI=1S/C32H33ClF3N9O5S/c1-3-23-26(42-9-11-43(12-10-42)29(48)25-27(47)18(2)37-17-38-25)30(49)45-31(40-28(41-45)19-6-4-5-13-50-16-19)44(23)15-24(46)39-22-8-7-20(14-21(22)33)51-32(34,35)36/h6-8,14,17,47H,3-5,9-13,15-16H2,1-2H3,(H,39,46). The Morgan fingerprint density at radius 3 is 2.63 bits per heavy atom. The van der Waals surface area contributed by atoms with E-state index in [1.54, 1.807) is 11.5 Å². The summed E-state index contributed by atoms with van der Waals surface area (Å²) in [7, 11) is 0. The monoisotopic (exact) mass is 747 g/mol. The molecule has 0 aliphatic carbocycles. The fraction of sp³-hybridized carbons (Fsp3) is 0.406. The lowest BCUT2D eigenvalue weighted by molar-refractivity contribution is -0.116. The van der Waals surface area contributed by atoms with Gasteiger partial charge in [-0.15, -0.1) is 5.10 Å². The molecule has 270 valence electrons. The molecular formula is C32H33ClF3N9O5S. The summed E-state index contributed by atoms with van der Waals surface area (Å²) in [4.78, 5) is 56.8. The Labute approximate surface area is 298 Å². The number of carbonyl (C=O) groups is 2. The quantitative estimate of drug-likeness (QED) is 0.247. The van der Waals surface area contributed by atoms with E-state index >= 15 is 0 Å². The van der Waals surface area contributed by atoms with Gasteiger partial charge in [-0.1, -0.05) is 24.6 Å². The van der Waals surface area contributed by atoms with Crippen molar-refractivity contribution in [3.63, 3.8) is 0 Å². The van der Waals surface area contributed by atoms with Gasteiger partial charge in [-0.05, 0) is 56.1 Å². The van der Waals surface area contributed by atoms with Crippen LogP contribution in [0.15, 0.2) is 40.3 Å². The maximum absolute atomic E-state index is 14.2. The Hall–Kier alpha value is -4.68. The molecule has 2 aliphatic rings. The van der Waals surface area contributed by atoms with Crippen molar-refractivity contribution in [2.75, 3.05) is 49.6 Å². The predicted octanol–water partition coefficient (Wildman–Crippen LogP) is 4.32. The Kier molecular flexibility index (Phi) is 10.5. The number of piperazine rings is 1. The minimum atomic E-state index is -4.50. The van der Waals surface area contributed by atoms with Crippen molar-refractivity contribution >= 4 is 57.9 Å². The molecule has 1 fully saturated rings. The van der Waals surface area contributed by atoms with Gasteiger partial charge >= 0.3 is 5.51 Å². The second kappa shape index (κ2) is 14.9. The maximum atomic E-state index is 14.2. The van der Waals surface area contributed by atoms with Crippen molar-refractivity contribution in [2.45, 2.75) is 50.1 Å². The zero-order chi connectivity index (χ0) is 36.4. The molecule has 19 heteroatoms. The van der Waals surface area contributed by atoms with Crippen LogP contribution in [0, 0.1) is 6.92 Å².